The second-order valence-corrected chi connectivity index (χ2v) is 5.72. The summed E-state index contributed by atoms with van der Waals surface area (Å²) in [4.78, 5) is 2.28. The number of hydrogen-bond donors (Lipinski definition) is 1. The van der Waals surface area contributed by atoms with Gasteiger partial charge in [0.1, 0.15) is 5.82 Å². The normalized spacial score (nSPS) is 21.4. The number of nitrogens with zero attached hydrogens (tertiary/aromatic N) is 1. The van der Waals surface area contributed by atoms with Gasteiger partial charge in [0.15, 0.2) is 0 Å². The number of morpholine rings is 1. The smallest absolute Gasteiger partial charge is 0.126 e. The molecule has 0 spiro atoms. The highest BCUT2D eigenvalue weighted by Gasteiger charge is 2.38. The Kier molecular flexibility index (Phi) is 4.78. The van der Waals surface area contributed by atoms with E-state index in [0.717, 1.165) is 25.1 Å². The molecule has 1 aliphatic rings. The molecule has 112 valence electrons. The average Bonchev–Trinajstić information content (AvgIpc) is 2.49. The maximum atomic E-state index is 13.4. The minimum absolute atomic E-state index is 0.231. The van der Waals surface area contributed by atoms with Crippen molar-refractivity contribution in [2.75, 3.05) is 26.3 Å². The van der Waals surface area contributed by atoms with Gasteiger partial charge in [-0.15, -0.1) is 0 Å². The summed E-state index contributed by atoms with van der Waals surface area (Å²) in [6.07, 6.45) is 0.190. The molecule has 0 radical (unpaired) electrons. The van der Waals surface area contributed by atoms with E-state index in [-0.39, 0.29) is 11.4 Å². The van der Waals surface area contributed by atoms with Crippen LogP contribution in [0.5, 0.6) is 0 Å². The number of aliphatic hydroxyl groups excluding tert-OH is 1. The van der Waals surface area contributed by atoms with Gasteiger partial charge in [-0.1, -0.05) is 19.1 Å². The third-order valence-corrected chi connectivity index (χ3v) is 4.54. The van der Waals surface area contributed by atoms with Gasteiger partial charge in [-0.2, -0.15) is 0 Å². The van der Waals surface area contributed by atoms with Crippen LogP contribution in [0.25, 0.3) is 0 Å². The molecule has 2 rings (SSSR count). The SMILES string of the molecule is CCC(C)(C(O)c1ccc(F)c(C)c1)N1CCOCC1. The zero-order chi connectivity index (χ0) is 14.8. The molecule has 0 amide bonds. The van der Waals surface area contributed by atoms with Crippen molar-refractivity contribution < 1.29 is 14.2 Å². The lowest BCUT2D eigenvalue weighted by molar-refractivity contribution is -0.0734. The fraction of sp³-hybridized carbons (Fsp3) is 0.625. The predicted octanol–water partition coefficient (Wildman–Crippen LogP) is 2.67. The van der Waals surface area contributed by atoms with E-state index in [1.54, 1.807) is 19.1 Å². The van der Waals surface area contributed by atoms with Crippen molar-refractivity contribution in [1.82, 2.24) is 4.90 Å². The highest BCUT2D eigenvalue weighted by molar-refractivity contribution is 5.27. The van der Waals surface area contributed by atoms with Gasteiger partial charge in [0.05, 0.1) is 19.3 Å². The van der Waals surface area contributed by atoms with E-state index >= 15 is 0 Å². The molecule has 2 unspecified atom stereocenters. The molecule has 0 aromatic heterocycles. The van der Waals surface area contributed by atoms with Crippen molar-refractivity contribution in [3.8, 4) is 0 Å². The monoisotopic (exact) mass is 281 g/mol. The van der Waals surface area contributed by atoms with E-state index in [0.29, 0.717) is 18.8 Å². The molecular weight excluding hydrogens is 257 g/mol. The van der Waals surface area contributed by atoms with Gasteiger partial charge >= 0.3 is 0 Å². The molecule has 0 bridgehead atoms. The molecule has 4 heteroatoms. The van der Waals surface area contributed by atoms with Crippen molar-refractivity contribution in [3.63, 3.8) is 0 Å². The van der Waals surface area contributed by atoms with E-state index < -0.39 is 6.10 Å². The highest BCUT2D eigenvalue weighted by Crippen LogP contribution is 2.35. The van der Waals surface area contributed by atoms with E-state index in [9.17, 15) is 9.50 Å². The van der Waals surface area contributed by atoms with Gasteiger partial charge in [0.25, 0.3) is 0 Å². The van der Waals surface area contributed by atoms with E-state index in [4.69, 9.17) is 4.74 Å². The summed E-state index contributed by atoms with van der Waals surface area (Å²) < 4.78 is 18.8. The molecule has 1 saturated heterocycles. The number of benzene rings is 1. The molecule has 0 saturated carbocycles. The maximum absolute atomic E-state index is 13.4. The second kappa shape index (κ2) is 6.20. The number of rotatable bonds is 4. The molecule has 2 atom stereocenters. The fourth-order valence-corrected chi connectivity index (χ4v) is 2.86. The van der Waals surface area contributed by atoms with Gasteiger partial charge in [-0.3, -0.25) is 4.90 Å². The molecule has 0 aliphatic carbocycles. The van der Waals surface area contributed by atoms with Crippen LogP contribution in [0.2, 0.25) is 0 Å². The summed E-state index contributed by atoms with van der Waals surface area (Å²) in [5, 5.41) is 10.8. The molecule has 1 heterocycles. The van der Waals surface area contributed by atoms with Crippen LogP contribution in [0, 0.1) is 12.7 Å². The van der Waals surface area contributed by atoms with Gasteiger partial charge in [-0.05, 0) is 37.5 Å². The third-order valence-electron chi connectivity index (χ3n) is 4.54. The second-order valence-electron chi connectivity index (χ2n) is 5.72. The van der Waals surface area contributed by atoms with Crippen molar-refractivity contribution >= 4 is 0 Å². The van der Waals surface area contributed by atoms with Crippen LogP contribution < -0.4 is 0 Å². The van der Waals surface area contributed by atoms with Crippen LogP contribution >= 0.6 is 0 Å². The molecular formula is C16H24FNO2. The minimum Gasteiger partial charge on any atom is -0.386 e. The Labute approximate surface area is 120 Å². The predicted molar refractivity (Wildman–Crippen MR) is 77.2 cm³/mol. The van der Waals surface area contributed by atoms with Gasteiger partial charge in [0, 0.05) is 18.6 Å². The van der Waals surface area contributed by atoms with Crippen molar-refractivity contribution in [2.45, 2.75) is 38.8 Å². The summed E-state index contributed by atoms with van der Waals surface area (Å²) in [7, 11) is 0. The van der Waals surface area contributed by atoms with E-state index in [1.165, 1.54) is 6.07 Å². The van der Waals surface area contributed by atoms with Crippen molar-refractivity contribution in [1.29, 1.82) is 0 Å². The molecule has 20 heavy (non-hydrogen) atoms. The number of aliphatic hydroxyl groups is 1. The maximum Gasteiger partial charge on any atom is 0.126 e. The first-order chi connectivity index (χ1) is 9.49. The number of aryl methyl sites for hydroxylation is 1. The van der Waals surface area contributed by atoms with Crippen LogP contribution in [-0.4, -0.2) is 41.8 Å². The van der Waals surface area contributed by atoms with Gasteiger partial charge in [-0.25, -0.2) is 4.39 Å². The third kappa shape index (κ3) is 2.87. The van der Waals surface area contributed by atoms with Gasteiger partial charge in [0.2, 0.25) is 0 Å². The number of ether oxygens (including phenoxy) is 1. The van der Waals surface area contributed by atoms with Crippen LogP contribution in [0.3, 0.4) is 0 Å². The fourth-order valence-electron chi connectivity index (χ4n) is 2.86. The summed E-state index contributed by atoms with van der Waals surface area (Å²) >= 11 is 0. The summed E-state index contributed by atoms with van der Waals surface area (Å²) in [6, 6.07) is 4.86. The first-order valence-electron chi connectivity index (χ1n) is 7.26. The Morgan fingerprint density at radius 3 is 2.60 bits per heavy atom. The van der Waals surface area contributed by atoms with Crippen molar-refractivity contribution in [3.05, 3.63) is 35.1 Å². The Bertz CT molecular complexity index is 460. The van der Waals surface area contributed by atoms with Gasteiger partial charge < -0.3 is 9.84 Å². The molecule has 3 nitrogen and oxygen atoms in total. The topological polar surface area (TPSA) is 32.7 Å². The average molecular weight is 281 g/mol. The van der Waals surface area contributed by atoms with Crippen LogP contribution in [0.1, 0.15) is 37.5 Å². The van der Waals surface area contributed by atoms with Crippen LogP contribution in [-0.2, 0) is 4.74 Å². The summed E-state index contributed by atoms with van der Waals surface area (Å²) in [5.41, 5.74) is 0.996. The molecule has 1 aliphatic heterocycles. The Balaban J connectivity index is 2.26. The number of hydrogen-bond acceptors (Lipinski definition) is 3. The first-order valence-corrected chi connectivity index (χ1v) is 7.26. The lowest BCUT2D eigenvalue weighted by Gasteiger charge is -2.46. The molecule has 1 N–H and O–H groups in total. The lowest BCUT2D eigenvalue weighted by Crippen LogP contribution is -2.54. The zero-order valence-electron chi connectivity index (χ0n) is 12.5. The first kappa shape index (κ1) is 15.4. The standard InChI is InChI=1S/C16H24FNO2/c1-4-16(3,18-7-9-20-10-8-18)15(19)13-5-6-14(17)12(2)11-13/h5-6,11,15,19H,4,7-10H2,1-3H3. The quantitative estimate of drug-likeness (QED) is 0.921. The Hall–Kier alpha value is -0.970. The highest BCUT2D eigenvalue weighted by atomic mass is 19.1. The van der Waals surface area contributed by atoms with Crippen LogP contribution in [0.4, 0.5) is 4.39 Å². The van der Waals surface area contributed by atoms with E-state index in [2.05, 4.69) is 18.7 Å². The largest absolute Gasteiger partial charge is 0.386 e. The lowest BCUT2D eigenvalue weighted by atomic mass is 9.84. The Morgan fingerprint density at radius 1 is 1.40 bits per heavy atom. The Morgan fingerprint density at radius 2 is 2.05 bits per heavy atom. The zero-order valence-corrected chi connectivity index (χ0v) is 12.5. The molecule has 1 aromatic carbocycles. The van der Waals surface area contributed by atoms with Crippen LogP contribution in [0.15, 0.2) is 18.2 Å². The summed E-state index contributed by atoms with van der Waals surface area (Å²) in [5.74, 6) is -0.231. The minimum atomic E-state index is -0.634. The van der Waals surface area contributed by atoms with E-state index in [1.807, 2.05) is 0 Å². The molecule has 1 fully saturated rings. The molecule has 1 aromatic rings. The summed E-state index contributed by atoms with van der Waals surface area (Å²) in [6.45, 7) is 8.92. The number of halogens is 1. The van der Waals surface area contributed by atoms with Crippen molar-refractivity contribution in [2.24, 2.45) is 0 Å².